The number of hydrogen-bond donors (Lipinski definition) is 1. The molecule has 2 unspecified atom stereocenters. The van der Waals surface area contributed by atoms with E-state index in [1.54, 1.807) is 11.3 Å². The number of ether oxygens (including phenoxy) is 1. The Morgan fingerprint density at radius 3 is 3.07 bits per heavy atom. The predicted molar refractivity (Wildman–Crippen MR) is 62.3 cm³/mol. The van der Waals surface area contributed by atoms with Crippen LogP contribution in [0.2, 0.25) is 0 Å². The quantitative estimate of drug-likeness (QED) is 0.867. The summed E-state index contributed by atoms with van der Waals surface area (Å²) in [7, 11) is 0. The molecule has 0 amide bonds. The van der Waals surface area contributed by atoms with Gasteiger partial charge in [-0.1, -0.05) is 6.07 Å². The molecule has 1 aliphatic rings. The number of hydrogen-bond acceptors (Lipinski definition) is 3. The molecule has 4 heteroatoms. The third-order valence-corrected chi connectivity index (χ3v) is 3.39. The van der Waals surface area contributed by atoms with Crippen LogP contribution in [-0.4, -0.2) is 19.2 Å². The highest BCUT2D eigenvalue weighted by Crippen LogP contribution is 2.24. The second kappa shape index (κ2) is 5.71. The summed E-state index contributed by atoms with van der Waals surface area (Å²) in [5.74, 6) is 0. The molecule has 80 valence electrons. The zero-order valence-electron chi connectivity index (χ0n) is 8.23. The fourth-order valence-electron chi connectivity index (χ4n) is 1.62. The number of thiophene rings is 1. The molecule has 0 aliphatic carbocycles. The van der Waals surface area contributed by atoms with Crippen molar-refractivity contribution >= 4 is 23.7 Å². The standard InChI is InChI=1S/C10H15NOS.ClH/c1-8(10-3-2-6-13-10)12-9-4-5-11-7-9;/h2-3,6,8-9,11H,4-5,7H2,1H3;1H. The van der Waals surface area contributed by atoms with Crippen LogP contribution in [0.25, 0.3) is 0 Å². The Hall–Kier alpha value is -0.0900. The zero-order chi connectivity index (χ0) is 9.10. The first-order valence-electron chi connectivity index (χ1n) is 4.76. The molecule has 2 rings (SSSR count). The van der Waals surface area contributed by atoms with Crippen LogP contribution in [-0.2, 0) is 4.74 Å². The molecular formula is C10H16ClNOS. The lowest BCUT2D eigenvalue weighted by Gasteiger charge is -2.16. The van der Waals surface area contributed by atoms with E-state index < -0.39 is 0 Å². The minimum atomic E-state index is 0. The van der Waals surface area contributed by atoms with Crippen LogP contribution in [0.4, 0.5) is 0 Å². The van der Waals surface area contributed by atoms with Crippen LogP contribution >= 0.6 is 23.7 Å². The topological polar surface area (TPSA) is 21.3 Å². The molecule has 0 radical (unpaired) electrons. The van der Waals surface area contributed by atoms with Crippen molar-refractivity contribution in [3.05, 3.63) is 22.4 Å². The van der Waals surface area contributed by atoms with Crippen molar-refractivity contribution in [2.24, 2.45) is 0 Å². The van der Waals surface area contributed by atoms with Crippen molar-refractivity contribution < 1.29 is 4.74 Å². The van der Waals surface area contributed by atoms with Crippen LogP contribution < -0.4 is 5.32 Å². The van der Waals surface area contributed by atoms with Gasteiger partial charge in [0, 0.05) is 11.4 Å². The van der Waals surface area contributed by atoms with Gasteiger partial charge in [-0.05, 0) is 31.3 Å². The largest absolute Gasteiger partial charge is 0.368 e. The summed E-state index contributed by atoms with van der Waals surface area (Å²) >= 11 is 1.77. The average molecular weight is 234 g/mol. The minimum absolute atomic E-state index is 0. The van der Waals surface area contributed by atoms with Gasteiger partial charge in [0.25, 0.3) is 0 Å². The van der Waals surface area contributed by atoms with Crippen LogP contribution in [0.15, 0.2) is 17.5 Å². The van der Waals surface area contributed by atoms with Crippen molar-refractivity contribution in [1.29, 1.82) is 0 Å². The van der Waals surface area contributed by atoms with Crippen LogP contribution in [0.3, 0.4) is 0 Å². The van der Waals surface area contributed by atoms with Crippen molar-refractivity contribution in [2.45, 2.75) is 25.6 Å². The third-order valence-electron chi connectivity index (χ3n) is 2.36. The minimum Gasteiger partial charge on any atom is -0.368 e. The summed E-state index contributed by atoms with van der Waals surface area (Å²) in [6.45, 7) is 4.24. The first-order valence-corrected chi connectivity index (χ1v) is 5.64. The highest BCUT2D eigenvalue weighted by molar-refractivity contribution is 7.10. The second-order valence-electron chi connectivity index (χ2n) is 3.41. The lowest BCUT2D eigenvalue weighted by molar-refractivity contribution is 0.0102. The van der Waals surface area contributed by atoms with Crippen molar-refractivity contribution in [3.63, 3.8) is 0 Å². The maximum Gasteiger partial charge on any atom is 0.0893 e. The summed E-state index contributed by atoms with van der Waals surface area (Å²) in [5.41, 5.74) is 0. The summed E-state index contributed by atoms with van der Waals surface area (Å²) in [4.78, 5) is 1.33. The Labute approximate surface area is 95.1 Å². The van der Waals surface area contributed by atoms with E-state index in [1.807, 2.05) is 0 Å². The van der Waals surface area contributed by atoms with Gasteiger partial charge in [-0.2, -0.15) is 0 Å². The fourth-order valence-corrected chi connectivity index (χ4v) is 2.34. The third kappa shape index (κ3) is 2.95. The van der Waals surface area contributed by atoms with E-state index in [0.29, 0.717) is 6.10 Å². The van der Waals surface area contributed by atoms with Gasteiger partial charge >= 0.3 is 0 Å². The first kappa shape index (κ1) is 12.0. The Kier molecular flexibility index (Phi) is 4.89. The number of halogens is 1. The molecule has 2 nitrogen and oxygen atoms in total. The predicted octanol–water partition coefficient (Wildman–Crippen LogP) is 2.61. The maximum atomic E-state index is 5.90. The molecule has 1 fully saturated rings. The van der Waals surface area contributed by atoms with Gasteiger partial charge < -0.3 is 10.1 Å². The molecule has 1 N–H and O–H groups in total. The highest BCUT2D eigenvalue weighted by Gasteiger charge is 2.18. The van der Waals surface area contributed by atoms with E-state index in [-0.39, 0.29) is 18.5 Å². The molecule has 0 bridgehead atoms. The van der Waals surface area contributed by atoms with Gasteiger partial charge in [0.1, 0.15) is 0 Å². The monoisotopic (exact) mass is 233 g/mol. The molecule has 0 aromatic carbocycles. The van der Waals surface area contributed by atoms with Gasteiger partial charge in [-0.25, -0.2) is 0 Å². The van der Waals surface area contributed by atoms with Gasteiger partial charge in [0.05, 0.1) is 12.2 Å². The molecule has 1 saturated heterocycles. The van der Waals surface area contributed by atoms with Crippen molar-refractivity contribution in [3.8, 4) is 0 Å². The normalized spacial score (nSPS) is 23.1. The van der Waals surface area contributed by atoms with Crippen LogP contribution in [0, 0.1) is 0 Å². The smallest absolute Gasteiger partial charge is 0.0893 e. The Bertz CT molecular complexity index is 247. The number of rotatable bonds is 3. The Morgan fingerprint density at radius 1 is 1.64 bits per heavy atom. The maximum absolute atomic E-state index is 5.90. The Balaban J connectivity index is 0.000000980. The van der Waals surface area contributed by atoms with E-state index in [1.165, 1.54) is 4.88 Å². The van der Waals surface area contributed by atoms with Gasteiger partial charge in [-0.3, -0.25) is 0 Å². The lowest BCUT2D eigenvalue weighted by Crippen LogP contribution is -2.18. The molecule has 0 saturated carbocycles. The first-order chi connectivity index (χ1) is 6.36. The lowest BCUT2D eigenvalue weighted by atomic mass is 10.3. The highest BCUT2D eigenvalue weighted by atomic mass is 35.5. The van der Waals surface area contributed by atoms with Gasteiger partial charge in [0.2, 0.25) is 0 Å². The molecule has 2 atom stereocenters. The molecule has 0 spiro atoms. The SMILES string of the molecule is CC(OC1CCNC1)c1cccs1.Cl. The van der Waals surface area contributed by atoms with Gasteiger partial charge in [-0.15, -0.1) is 23.7 Å². The summed E-state index contributed by atoms with van der Waals surface area (Å²) in [6.07, 6.45) is 1.82. The van der Waals surface area contributed by atoms with Crippen LogP contribution in [0.1, 0.15) is 24.3 Å². The second-order valence-corrected chi connectivity index (χ2v) is 4.39. The fraction of sp³-hybridized carbons (Fsp3) is 0.600. The summed E-state index contributed by atoms with van der Waals surface area (Å²) < 4.78 is 5.90. The summed E-state index contributed by atoms with van der Waals surface area (Å²) in [6, 6.07) is 4.21. The summed E-state index contributed by atoms with van der Waals surface area (Å²) in [5, 5.41) is 5.40. The Morgan fingerprint density at radius 2 is 2.50 bits per heavy atom. The van der Waals surface area contributed by atoms with Crippen LogP contribution in [0.5, 0.6) is 0 Å². The number of nitrogens with one attached hydrogen (secondary N) is 1. The van der Waals surface area contributed by atoms with E-state index in [9.17, 15) is 0 Å². The van der Waals surface area contributed by atoms with E-state index in [0.717, 1.165) is 19.5 Å². The van der Waals surface area contributed by atoms with Crippen molar-refractivity contribution in [1.82, 2.24) is 5.32 Å². The average Bonchev–Trinajstić information content (AvgIpc) is 2.74. The molecule has 2 heterocycles. The van der Waals surface area contributed by atoms with E-state index in [4.69, 9.17) is 4.74 Å². The molecule has 1 aliphatic heterocycles. The van der Waals surface area contributed by atoms with E-state index >= 15 is 0 Å². The van der Waals surface area contributed by atoms with Crippen molar-refractivity contribution in [2.75, 3.05) is 13.1 Å². The van der Waals surface area contributed by atoms with E-state index in [2.05, 4.69) is 29.8 Å². The molecule has 14 heavy (non-hydrogen) atoms. The molecular weight excluding hydrogens is 218 g/mol. The molecule has 1 aromatic rings. The van der Waals surface area contributed by atoms with Gasteiger partial charge in [0.15, 0.2) is 0 Å². The zero-order valence-corrected chi connectivity index (χ0v) is 9.87. The molecule has 1 aromatic heterocycles.